The van der Waals surface area contributed by atoms with Gasteiger partial charge in [-0.15, -0.1) is 10.2 Å². The average Bonchev–Trinajstić information content (AvgIpc) is 2.82. The molecule has 0 fully saturated rings. The molecule has 0 radical (unpaired) electrons. The number of aryl methyl sites for hydroxylation is 2. The zero-order valence-electron chi connectivity index (χ0n) is 10.6. The van der Waals surface area contributed by atoms with E-state index in [0.717, 1.165) is 54.7 Å². The van der Waals surface area contributed by atoms with Gasteiger partial charge < -0.3 is 9.88 Å². The molecule has 2 aromatic heterocycles. The minimum atomic E-state index is 0.784. The number of nitrogens with zero attached hydrogens (tertiary/aromatic N) is 5. The maximum atomic E-state index is 4.32. The van der Waals surface area contributed by atoms with Crippen molar-refractivity contribution >= 4 is 0 Å². The van der Waals surface area contributed by atoms with Crippen molar-refractivity contribution in [2.24, 2.45) is 0 Å². The maximum Gasteiger partial charge on any atom is 0.166 e. The van der Waals surface area contributed by atoms with Crippen LogP contribution in [0.1, 0.15) is 24.1 Å². The van der Waals surface area contributed by atoms with Crippen molar-refractivity contribution in [3.63, 3.8) is 0 Å². The molecule has 0 spiro atoms. The Morgan fingerprint density at radius 2 is 2.17 bits per heavy atom. The van der Waals surface area contributed by atoms with Gasteiger partial charge in [0.2, 0.25) is 0 Å². The Kier molecular flexibility index (Phi) is 2.79. The van der Waals surface area contributed by atoms with E-state index in [2.05, 4.69) is 37.2 Å². The standard InChI is InChI=1S/C12H16N6/c1-3-10-9(6-8(2)14-15-10)12-17-16-11-7-13-4-5-18(11)12/h6,13H,3-5,7H2,1-2H3. The van der Waals surface area contributed by atoms with Crippen LogP contribution in [0.5, 0.6) is 0 Å². The zero-order valence-corrected chi connectivity index (χ0v) is 10.6. The van der Waals surface area contributed by atoms with Crippen LogP contribution in [-0.4, -0.2) is 31.5 Å². The van der Waals surface area contributed by atoms with Gasteiger partial charge in [0.1, 0.15) is 5.82 Å². The van der Waals surface area contributed by atoms with Gasteiger partial charge in [-0.3, -0.25) is 0 Å². The predicted octanol–water partition coefficient (Wildman–Crippen LogP) is 0.709. The van der Waals surface area contributed by atoms with Crippen LogP contribution >= 0.6 is 0 Å². The fourth-order valence-corrected chi connectivity index (χ4v) is 2.26. The molecule has 0 aromatic carbocycles. The van der Waals surface area contributed by atoms with E-state index in [1.165, 1.54) is 0 Å². The van der Waals surface area contributed by atoms with E-state index in [4.69, 9.17) is 0 Å². The molecule has 2 aromatic rings. The molecule has 0 saturated carbocycles. The molecule has 0 bridgehead atoms. The van der Waals surface area contributed by atoms with Gasteiger partial charge in [0.15, 0.2) is 5.82 Å². The molecule has 3 rings (SSSR count). The van der Waals surface area contributed by atoms with Gasteiger partial charge in [0, 0.05) is 18.7 Å². The van der Waals surface area contributed by atoms with Crippen LogP contribution in [-0.2, 0) is 19.5 Å². The van der Waals surface area contributed by atoms with Crippen LogP contribution in [0.4, 0.5) is 0 Å². The van der Waals surface area contributed by atoms with Crippen molar-refractivity contribution in [2.45, 2.75) is 33.4 Å². The van der Waals surface area contributed by atoms with E-state index in [9.17, 15) is 0 Å². The second-order valence-corrected chi connectivity index (χ2v) is 4.47. The first kappa shape index (κ1) is 11.3. The summed E-state index contributed by atoms with van der Waals surface area (Å²) in [6.07, 6.45) is 0.850. The monoisotopic (exact) mass is 244 g/mol. The van der Waals surface area contributed by atoms with Crippen LogP contribution in [0.25, 0.3) is 11.4 Å². The third kappa shape index (κ3) is 1.78. The van der Waals surface area contributed by atoms with Crippen molar-refractivity contribution in [1.29, 1.82) is 0 Å². The SMILES string of the molecule is CCc1nnc(C)cc1-c1nnc2n1CCNC2. The quantitative estimate of drug-likeness (QED) is 0.842. The summed E-state index contributed by atoms with van der Waals surface area (Å²) in [6.45, 7) is 6.67. The lowest BCUT2D eigenvalue weighted by Gasteiger charge is -2.16. The zero-order chi connectivity index (χ0) is 12.5. The summed E-state index contributed by atoms with van der Waals surface area (Å²) < 4.78 is 2.17. The first-order chi connectivity index (χ1) is 8.79. The molecule has 3 heterocycles. The van der Waals surface area contributed by atoms with Crippen molar-refractivity contribution in [3.05, 3.63) is 23.3 Å². The van der Waals surface area contributed by atoms with Crippen LogP contribution < -0.4 is 5.32 Å². The smallest absolute Gasteiger partial charge is 0.166 e. The number of rotatable bonds is 2. The van der Waals surface area contributed by atoms with Crippen molar-refractivity contribution < 1.29 is 0 Å². The third-order valence-electron chi connectivity index (χ3n) is 3.19. The maximum absolute atomic E-state index is 4.32. The molecule has 0 aliphatic carbocycles. The van der Waals surface area contributed by atoms with Gasteiger partial charge in [0.25, 0.3) is 0 Å². The lowest BCUT2D eigenvalue weighted by atomic mass is 10.1. The van der Waals surface area contributed by atoms with Crippen LogP contribution in [0.15, 0.2) is 6.07 Å². The molecule has 0 amide bonds. The largest absolute Gasteiger partial charge is 0.309 e. The summed E-state index contributed by atoms with van der Waals surface area (Å²) in [6, 6.07) is 2.05. The Morgan fingerprint density at radius 3 is 3.00 bits per heavy atom. The lowest BCUT2D eigenvalue weighted by Crippen LogP contribution is -2.28. The fourth-order valence-electron chi connectivity index (χ4n) is 2.26. The highest BCUT2D eigenvalue weighted by Gasteiger charge is 2.19. The van der Waals surface area contributed by atoms with Crippen molar-refractivity contribution in [2.75, 3.05) is 6.54 Å². The predicted molar refractivity (Wildman–Crippen MR) is 66.9 cm³/mol. The molecule has 1 aliphatic heterocycles. The van der Waals surface area contributed by atoms with Crippen LogP contribution in [0.2, 0.25) is 0 Å². The molecule has 18 heavy (non-hydrogen) atoms. The Balaban J connectivity index is 2.14. The van der Waals surface area contributed by atoms with Gasteiger partial charge in [-0.05, 0) is 19.4 Å². The van der Waals surface area contributed by atoms with Gasteiger partial charge in [-0.2, -0.15) is 10.2 Å². The Labute approximate surface area is 105 Å². The summed E-state index contributed by atoms with van der Waals surface area (Å²) in [5.41, 5.74) is 2.95. The lowest BCUT2D eigenvalue weighted by molar-refractivity contribution is 0.508. The molecule has 0 atom stereocenters. The van der Waals surface area contributed by atoms with E-state index < -0.39 is 0 Å². The van der Waals surface area contributed by atoms with Gasteiger partial charge in [-0.1, -0.05) is 6.92 Å². The van der Waals surface area contributed by atoms with E-state index in [0.29, 0.717) is 0 Å². The number of hydrogen-bond donors (Lipinski definition) is 1. The highest BCUT2D eigenvalue weighted by Crippen LogP contribution is 2.23. The molecule has 0 unspecified atom stereocenters. The van der Waals surface area contributed by atoms with Crippen molar-refractivity contribution in [3.8, 4) is 11.4 Å². The molecule has 6 heteroatoms. The normalized spacial score (nSPS) is 14.6. The molecule has 1 aliphatic rings. The first-order valence-corrected chi connectivity index (χ1v) is 6.26. The minimum Gasteiger partial charge on any atom is -0.309 e. The van der Waals surface area contributed by atoms with E-state index in [1.807, 2.05) is 13.0 Å². The third-order valence-corrected chi connectivity index (χ3v) is 3.19. The van der Waals surface area contributed by atoms with Gasteiger partial charge in [0.05, 0.1) is 17.9 Å². The highest BCUT2D eigenvalue weighted by atomic mass is 15.3. The number of nitrogens with one attached hydrogen (secondary N) is 1. The summed E-state index contributed by atoms with van der Waals surface area (Å²) in [4.78, 5) is 0. The molecule has 1 N–H and O–H groups in total. The second-order valence-electron chi connectivity index (χ2n) is 4.47. The van der Waals surface area contributed by atoms with E-state index >= 15 is 0 Å². The second kappa shape index (κ2) is 4.45. The highest BCUT2D eigenvalue weighted by molar-refractivity contribution is 5.58. The molecule has 0 saturated heterocycles. The number of aromatic nitrogens is 5. The summed E-state index contributed by atoms with van der Waals surface area (Å²) in [5.74, 6) is 1.91. The Hall–Kier alpha value is -1.82. The molecule has 94 valence electrons. The molecular formula is C12H16N6. The Bertz CT molecular complexity index is 574. The summed E-state index contributed by atoms with van der Waals surface area (Å²) in [5, 5.41) is 20.2. The van der Waals surface area contributed by atoms with E-state index in [1.54, 1.807) is 0 Å². The summed E-state index contributed by atoms with van der Waals surface area (Å²) in [7, 11) is 0. The summed E-state index contributed by atoms with van der Waals surface area (Å²) >= 11 is 0. The molecular weight excluding hydrogens is 228 g/mol. The minimum absolute atomic E-state index is 0.784. The van der Waals surface area contributed by atoms with E-state index in [-0.39, 0.29) is 0 Å². The Morgan fingerprint density at radius 1 is 1.28 bits per heavy atom. The van der Waals surface area contributed by atoms with Gasteiger partial charge >= 0.3 is 0 Å². The number of hydrogen-bond acceptors (Lipinski definition) is 5. The average molecular weight is 244 g/mol. The van der Waals surface area contributed by atoms with Crippen LogP contribution in [0.3, 0.4) is 0 Å². The van der Waals surface area contributed by atoms with Crippen molar-refractivity contribution in [1.82, 2.24) is 30.3 Å². The first-order valence-electron chi connectivity index (χ1n) is 6.26. The molecule has 6 nitrogen and oxygen atoms in total. The van der Waals surface area contributed by atoms with Gasteiger partial charge in [-0.25, -0.2) is 0 Å². The number of fused-ring (bicyclic) bond motifs is 1. The topological polar surface area (TPSA) is 68.5 Å². The fraction of sp³-hybridized carbons (Fsp3) is 0.500. The van der Waals surface area contributed by atoms with Crippen LogP contribution in [0, 0.1) is 6.92 Å².